The molecule has 4 N–H and O–H groups in total. The number of anilines is 3. The zero-order valence-corrected chi connectivity index (χ0v) is 13.2. The predicted molar refractivity (Wildman–Crippen MR) is 93.3 cm³/mol. The molecule has 0 atom stereocenters. The number of carbonyl (C=O) groups is 2. The molecule has 3 amide bonds. The topological polar surface area (TPSA) is 100 Å². The molecule has 0 unspecified atom stereocenters. The second kappa shape index (κ2) is 6.99. The van der Waals surface area contributed by atoms with Gasteiger partial charge in [0.2, 0.25) is 0 Å². The van der Waals surface area contributed by atoms with Crippen LogP contribution in [0.25, 0.3) is 0 Å². The van der Waals surface area contributed by atoms with Crippen molar-refractivity contribution in [1.29, 1.82) is 0 Å². The van der Waals surface area contributed by atoms with E-state index >= 15 is 0 Å². The Morgan fingerprint density at radius 1 is 1.04 bits per heavy atom. The van der Waals surface area contributed by atoms with Crippen molar-refractivity contribution in [1.82, 2.24) is 4.98 Å². The first-order valence-corrected chi connectivity index (χ1v) is 7.81. The maximum Gasteiger partial charge on any atom is 0.316 e. The van der Waals surface area contributed by atoms with Crippen LogP contribution in [0.1, 0.15) is 23.2 Å². The van der Waals surface area contributed by atoms with Gasteiger partial charge in [-0.1, -0.05) is 0 Å². The summed E-state index contributed by atoms with van der Waals surface area (Å²) in [4.78, 5) is 29.8. The summed E-state index contributed by atoms with van der Waals surface area (Å²) in [5.41, 5.74) is 6.79. The second-order valence-corrected chi connectivity index (χ2v) is 5.59. The Kier molecular flexibility index (Phi) is 4.60. The van der Waals surface area contributed by atoms with E-state index in [0.717, 1.165) is 31.7 Å². The highest BCUT2D eigenvalue weighted by atomic mass is 16.2. The number of amides is 3. The molecular formula is C17H19N5O2. The van der Waals surface area contributed by atoms with E-state index in [0.29, 0.717) is 16.9 Å². The molecule has 3 rings (SSSR count). The third kappa shape index (κ3) is 3.62. The molecule has 124 valence electrons. The Bertz CT molecular complexity index is 739. The lowest BCUT2D eigenvalue weighted by atomic mass is 10.2. The van der Waals surface area contributed by atoms with Crippen LogP contribution in [-0.4, -0.2) is 30.0 Å². The number of primary amides is 1. The number of hydrogen-bond acceptors (Lipinski definition) is 4. The minimum absolute atomic E-state index is 0.228. The molecule has 24 heavy (non-hydrogen) atoms. The quantitative estimate of drug-likeness (QED) is 0.803. The fourth-order valence-corrected chi connectivity index (χ4v) is 2.72. The molecule has 0 spiro atoms. The lowest BCUT2D eigenvalue weighted by Gasteiger charge is -2.20. The molecule has 7 nitrogen and oxygen atoms in total. The molecule has 0 bridgehead atoms. The summed E-state index contributed by atoms with van der Waals surface area (Å²) in [6.07, 6.45) is 4.00. The van der Waals surface area contributed by atoms with Gasteiger partial charge in [0.25, 0.3) is 5.91 Å². The van der Waals surface area contributed by atoms with Crippen molar-refractivity contribution in [3.63, 3.8) is 0 Å². The van der Waals surface area contributed by atoms with Gasteiger partial charge in [0.15, 0.2) is 5.82 Å². The van der Waals surface area contributed by atoms with Crippen LogP contribution in [-0.2, 0) is 0 Å². The molecule has 1 saturated heterocycles. The molecule has 1 aromatic carbocycles. The van der Waals surface area contributed by atoms with Crippen molar-refractivity contribution in [2.45, 2.75) is 12.8 Å². The number of pyridine rings is 1. The Labute approximate surface area is 139 Å². The summed E-state index contributed by atoms with van der Waals surface area (Å²) in [7, 11) is 0. The Hall–Kier alpha value is -3.09. The van der Waals surface area contributed by atoms with Gasteiger partial charge < -0.3 is 21.3 Å². The largest absolute Gasteiger partial charge is 0.355 e. The number of carbonyl (C=O) groups excluding carboxylic acids is 2. The molecule has 0 saturated carbocycles. The standard InChI is InChI=1S/C17H19N5O2/c18-17(24)20-13-7-5-12(6-8-13)16(23)21-14-4-3-9-19-15(14)22-10-1-2-11-22/h3-9H,1-2,10-11H2,(H,21,23)(H3,18,20,24). The SMILES string of the molecule is NC(=O)Nc1ccc(C(=O)Nc2cccnc2N2CCCC2)cc1. The van der Waals surface area contributed by atoms with Gasteiger partial charge in [-0.15, -0.1) is 0 Å². The van der Waals surface area contributed by atoms with Crippen LogP contribution in [0.4, 0.5) is 22.0 Å². The summed E-state index contributed by atoms with van der Waals surface area (Å²) in [5, 5.41) is 5.37. The summed E-state index contributed by atoms with van der Waals surface area (Å²) in [6.45, 7) is 1.90. The van der Waals surface area contributed by atoms with Crippen LogP contribution in [0, 0.1) is 0 Å². The molecule has 1 aliphatic heterocycles. The monoisotopic (exact) mass is 325 g/mol. The van der Waals surface area contributed by atoms with E-state index in [9.17, 15) is 9.59 Å². The van der Waals surface area contributed by atoms with Crippen LogP contribution >= 0.6 is 0 Å². The highest BCUT2D eigenvalue weighted by Crippen LogP contribution is 2.26. The number of benzene rings is 1. The Balaban J connectivity index is 1.74. The van der Waals surface area contributed by atoms with Gasteiger partial charge in [-0.2, -0.15) is 0 Å². The highest BCUT2D eigenvalue weighted by Gasteiger charge is 2.18. The minimum Gasteiger partial charge on any atom is -0.355 e. The zero-order valence-electron chi connectivity index (χ0n) is 13.2. The van der Waals surface area contributed by atoms with Crippen molar-refractivity contribution in [3.05, 3.63) is 48.2 Å². The van der Waals surface area contributed by atoms with E-state index in [2.05, 4.69) is 20.5 Å². The lowest BCUT2D eigenvalue weighted by Crippen LogP contribution is -2.22. The maximum atomic E-state index is 12.4. The van der Waals surface area contributed by atoms with Gasteiger partial charge >= 0.3 is 6.03 Å². The van der Waals surface area contributed by atoms with E-state index in [-0.39, 0.29) is 5.91 Å². The average Bonchev–Trinajstić information content (AvgIpc) is 3.10. The van der Waals surface area contributed by atoms with Gasteiger partial charge in [-0.3, -0.25) is 4.79 Å². The van der Waals surface area contributed by atoms with Gasteiger partial charge in [0.05, 0.1) is 5.69 Å². The number of nitrogens with two attached hydrogens (primary N) is 1. The first kappa shape index (κ1) is 15.8. The molecule has 1 aliphatic rings. The molecule has 1 fully saturated rings. The minimum atomic E-state index is -0.641. The van der Waals surface area contributed by atoms with Crippen LogP contribution in [0.3, 0.4) is 0 Å². The highest BCUT2D eigenvalue weighted by molar-refractivity contribution is 6.06. The third-order valence-corrected chi connectivity index (χ3v) is 3.86. The number of aromatic nitrogens is 1. The Morgan fingerprint density at radius 3 is 2.42 bits per heavy atom. The van der Waals surface area contributed by atoms with Gasteiger partial charge in [0, 0.05) is 30.5 Å². The lowest BCUT2D eigenvalue weighted by molar-refractivity contribution is 0.102. The first-order valence-electron chi connectivity index (χ1n) is 7.81. The number of hydrogen-bond donors (Lipinski definition) is 3. The molecule has 2 aromatic rings. The second-order valence-electron chi connectivity index (χ2n) is 5.59. The number of urea groups is 1. The summed E-state index contributed by atoms with van der Waals surface area (Å²) in [5.74, 6) is 0.574. The van der Waals surface area contributed by atoms with E-state index in [1.807, 2.05) is 6.07 Å². The first-order chi connectivity index (χ1) is 11.6. The van der Waals surface area contributed by atoms with Crippen LogP contribution < -0.4 is 21.3 Å². The summed E-state index contributed by atoms with van der Waals surface area (Å²) < 4.78 is 0. The molecule has 1 aromatic heterocycles. The van der Waals surface area contributed by atoms with E-state index in [4.69, 9.17) is 5.73 Å². The van der Waals surface area contributed by atoms with E-state index in [1.54, 1.807) is 36.5 Å². The summed E-state index contributed by atoms with van der Waals surface area (Å²) >= 11 is 0. The molecular weight excluding hydrogens is 306 g/mol. The maximum absolute atomic E-state index is 12.4. The van der Waals surface area contributed by atoms with E-state index in [1.165, 1.54) is 0 Å². The summed E-state index contributed by atoms with van der Waals surface area (Å²) in [6, 6.07) is 9.53. The fourth-order valence-electron chi connectivity index (χ4n) is 2.72. The van der Waals surface area contributed by atoms with Crippen molar-refractivity contribution in [2.75, 3.05) is 28.6 Å². The average molecular weight is 325 g/mol. The van der Waals surface area contributed by atoms with E-state index < -0.39 is 6.03 Å². The van der Waals surface area contributed by atoms with Gasteiger partial charge in [-0.05, 0) is 49.2 Å². The predicted octanol–water partition coefficient (Wildman–Crippen LogP) is 2.42. The smallest absolute Gasteiger partial charge is 0.316 e. The third-order valence-electron chi connectivity index (χ3n) is 3.86. The van der Waals surface area contributed by atoms with Crippen molar-refractivity contribution in [3.8, 4) is 0 Å². The zero-order chi connectivity index (χ0) is 16.9. The molecule has 0 radical (unpaired) electrons. The van der Waals surface area contributed by atoms with Crippen LogP contribution in [0.2, 0.25) is 0 Å². The fraction of sp³-hybridized carbons (Fsp3) is 0.235. The number of rotatable bonds is 4. The molecule has 2 heterocycles. The molecule has 0 aliphatic carbocycles. The number of nitrogens with zero attached hydrogens (tertiary/aromatic N) is 2. The van der Waals surface area contributed by atoms with Gasteiger partial charge in [0.1, 0.15) is 0 Å². The number of nitrogens with one attached hydrogen (secondary N) is 2. The van der Waals surface area contributed by atoms with Crippen molar-refractivity contribution in [2.24, 2.45) is 5.73 Å². The van der Waals surface area contributed by atoms with Crippen molar-refractivity contribution < 1.29 is 9.59 Å². The normalized spacial score (nSPS) is 13.6. The molecule has 7 heteroatoms. The van der Waals surface area contributed by atoms with Crippen LogP contribution in [0.5, 0.6) is 0 Å². The van der Waals surface area contributed by atoms with Crippen LogP contribution in [0.15, 0.2) is 42.6 Å². The van der Waals surface area contributed by atoms with Crippen molar-refractivity contribution >= 4 is 29.1 Å². The van der Waals surface area contributed by atoms with Gasteiger partial charge in [-0.25, -0.2) is 9.78 Å². The Morgan fingerprint density at radius 2 is 1.75 bits per heavy atom.